The first-order valence-electron chi connectivity index (χ1n) is 16.5. The fourth-order valence-electron chi connectivity index (χ4n) is 6.14. The third-order valence-electron chi connectivity index (χ3n) is 8.72. The van der Waals surface area contributed by atoms with Gasteiger partial charge in [-0.25, -0.2) is 4.99 Å². The molecule has 1 heterocycles. The summed E-state index contributed by atoms with van der Waals surface area (Å²) in [6.07, 6.45) is -5.34. The predicted molar refractivity (Wildman–Crippen MR) is 191 cm³/mol. The Morgan fingerprint density at radius 1 is 0.865 bits per heavy atom. The van der Waals surface area contributed by atoms with Gasteiger partial charge in [0.2, 0.25) is 5.90 Å². The normalized spacial score (nSPS) is 16.7. The van der Waals surface area contributed by atoms with E-state index in [4.69, 9.17) is 19.6 Å². The van der Waals surface area contributed by atoms with Crippen LogP contribution in [0.1, 0.15) is 40.3 Å². The van der Waals surface area contributed by atoms with Crippen molar-refractivity contribution in [1.82, 2.24) is 5.32 Å². The number of nitrogens with zero attached hydrogens (tertiary/aromatic N) is 4. The molecule has 0 unspecified atom stereocenters. The largest absolute Gasteiger partial charge is 0.494 e. The van der Waals surface area contributed by atoms with Crippen molar-refractivity contribution in [2.45, 2.75) is 37.2 Å². The highest BCUT2D eigenvalue weighted by atomic mass is 19.4. The van der Waals surface area contributed by atoms with Gasteiger partial charge in [-0.2, -0.15) is 13.2 Å². The first-order chi connectivity index (χ1) is 25.2. The highest BCUT2D eigenvalue weighted by Gasteiger charge is 2.53. The number of aliphatic hydroxyl groups is 1. The van der Waals surface area contributed by atoms with Crippen LogP contribution in [0.15, 0.2) is 138 Å². The number of azide groups is 1. The summed E-state index contributed by atoms with van der Waals surface area (Å²) in [6.45, 7) is -0.122. The van der Waals surface area contributed by atoms with Gasteiger partial charge in [-0.05, 0) is 63.7 Å². The number of nitrogens with one attached hydrogen (secondary N) is 1. The van der Waals surface area contributed by atoms with Gasteiger partial charge in [0.25, 0.3) is 5.91 Å². The van der Waals surface area contributed by atoms with Crippen LogP contribution in [-0.2, 0) is 28.7 Å². The Morgan fingerprint density at radius 2 is 1.50 bits per heavy atom. The molecule has 2 atom stereocenters. The van der Waals surface area contributed by atoms with E-state index in [1.54, 1.807) is 48.5 Å². The van der Waals surface area contributed by atoms with E-state index in [9.17, 15) is 23.5 Å². The fourth-order valence-corrected chi connectivity index (χ4v) is 6.14. The van der Waals surface area contributed by atoms with Crippen LogP contribution in [0.25, 0.3) is 21.6 Å². The molecule has 0 saturated carbocycles. The monoisotopic (exact) mass is 705 g/mol. The van der Waals surface area contributed by atoms with Crippen LogP contribution in [0, 0.1) is 0 Å². The summed E-state index contributed by atoms with van der Waals surface area (Å²) in [5.41, 5.74) is 10.4. The van der Waals surface area contributed by atoms with Crippen LogP contribution in [0.5, 0.6) is 5.75 Å². The average Bonchev–Trinajstić information content (AvgIpc) is 3.55. The highest BCUT2D eigenvalue weighted by Crippen LogP contribution is 2.44. The van der Waals surface area contributed by atoms with E-state index in [0.717, 1.165) is 17.2 Å². The van der Waals surface area contributed by atoms with Gasteiger partial charge in [0.1, 0.15) is 5.75 Å². The number of alkyl halides is 3. The molecule has 0 fully saturated rings. The molecule has 0 spiro atoms. The van der Waals surface area contributed by atoms with Crippen molar-refractivity contribution in [3.63, 3.8) is 0 Å². The Morgan fingerprint density at radius 3 is 2.19 bits per heavy atom. The lowest BCUT2D eigenvalue weighted by Crippen LogP contribution is -2.49. The molecule has 1 amide bonds. The number of hydrogen-bond donors (Lipinski definition) is 2. The maximum Gasteiger partial charge on any atom is 0.416 e. The topological polar surface area (TPSA) is 129 Å². The summed E-state index contributed by atoms with van der Waals surface area (Å²) in [6, 6.07) is 35.9. The third kappa shape index (κ3) is 7.94. The van der Waals surface area contributed by atoms with Crippen LogP contribution in [-0.4, -0.2) is 35.7 Å². The molecule has 264 valence electrons. The molecule has 0 aliphatic carbocycles. The molecular formula is C40H34F3N5O4. The molecule has 0 radical (unpaired) electrons. The fraction of sp³-hybridized carbons (Fsp3) is 0.200. The van der Waals surface area contributed by atoms with Crippen molar-refractivity contribution in [1.29, 1.82) is 0 Å². The summed E-state index contributed by atoms with van der Waals surface area (Å²) >= 11 is 0. The van der Waals surface area contributed by atoms with Gasteiger partial charge >= 0.3 is 6.18 Å². The lowest BCUT2D eigenvalue weighted by atomic mass is 9.81. The van der Waals surface area contributed by atoms with Gasteiger partial charge in [-0.15, -0.1) is 0 Å². The van der Waals surface area contributed by atoms with E-state index in [-0.39, 0.29) is 30.2 Å². The van der Waals surface area contributed by atoms with Gasteiger partial charge < -0.3 is 19.9 Å². The van der Waals surface area contributed by atoms with Crippen LogP contribution in [0.4, 0.5) is 18.9 Å². The number of amides is 1. The number of aliphatic hydroxyl groups excluding tert-OH is 1. The van der Waals surface area contributed by atoms with Crippen molar-refractivity contribution in [2.75, 3.05) is 13.2 Å². The van der Waals surface area contributed by atoms with E-state index >= 15 is 0 Å². The van der Waals surface area contributed by atoms with Crippen LogP contribution >= 0.6 is 0 Å². The van der Waals surface area contributed by atoms with Gasteiger partial charge in [0, 0.05) is 42.2 Å². The highest BCUT2D eigenvalue weighted by molar-refractivity contribution is 6.01. The molecule has 12 heteroatoms. The Bertz CT molecular complexity index is 2080. The Balaban J connectivity index is 1.46. The smallest absolute Gasteiger partial charge is 0.416 e. The minimum Gasteiger partial charge on any atom is -0.494 e. The number of rotatable bonds is 13. The minimum atomic E-state index is -4.63. The maximum absolute atomic E-state index is 14.7. The zero-order valence-corrected chi connectivity index (χ0v) is 27.8. The molecule has 1 aliphatic rings. The molecule has 9 nitrogen and oxygen atoms in total. The van der Waals surface area contributed by atoms with Crippen LogP contribution in [0.3, 0.4) is 0 Å². The Hall–Kier alpha value is -6.10. The number of halogens is 3. The molecular weight excluding hydrogens is 671 g/mol. The first-order valence-corrected chi connectivity index (χ1v) is 16.5. The van der Waals surface area contributed by atoms with Crippen molar-refractivity contribution in [3.8, 4) is 16.9 Å². The van der Waals surface area contributed by atoms with Crippen LogP contribution < -0.4 is 10.1 Å². The predicted octanol–water partition coefficient (Wildman–Crippen LogP) is 8.89. The minimum absolute atomic E-state index is 0.00874. The van der Waals surface area contributed by atoms with Gasteiger partial charge in [-0.1, -0.05) is 102 Å². The summed E-state index contributed by atoms with van der Waals surface area (Å²) < 4.78 is 54.1. The maximum atomic E-state index is 14.7. The van der Waals surface area contributed by atoms with Gasteiger partial charge in [0.05, 0.1) is 12.2 Å². The van der Waals surface area contributed by atoms with Crippen molar-refractivity contribution in [2.24, 2.45) is 10.1 Å². The van der Waals surface area contributed by atoms with Gasteiger partial charge in [0.15, 0.2) is 11.6 Å². The number of carbonyl (C=O) groups excluding carboxylic acids is 1. The first kappa shape index (κ1) is 35.7. The zero-order valence-electron chi connectivity index (χ0n) is 27.8. The SMILES string of the molecule is [N-]=[N+]=Nc1ccccc1C[C@@]1(C(=O)NCc2ccccc2C(F)(F)F)N=C(c2ccc(OCCCO)cc2)O[C@@H]1c1ccc(-c2ccccc2)cc1. The van der Waals surface area contributed by atoms with Crippen molar-refractivity contribution in [3.05, 3.63) is 166 Å². The summed E-state index contributed by atoms with van der Waals surface area (Å²) in [5, 5.41) is 15.7. The van der Waals surface area contributed by atoms with E-state index in [1.807, 2.05) is 54.6 Å². The third-order valence-corrected chi connectivity index (χ3v) is 8.72. The number of ether oxygens (including phenoxy) is 2. The van der Waals surface area contributed by atoms with E-state index in [1.165, 1.54) is 18.2 Å². The van der Waals surface area contributed by atoms with Crippen molar-refractivity contribution < 1.29 is 32.5 Å². The summed E-state index contributed by atoms with van der Waals surface area (Å²) in [7, 11) is 0. The zero-order chi connectivity index (χ0) is 36.6. The van der Waals surface area contributed by atoms with Crippen molar-refractivity contribution >= 4 is 17.5 Å². The molecule has 0 bridgehead atoms. The molecule has 2 N–H and O–H groups in total. The number of hydrogen-bond acceptors (Lipinski definition) is 6. The second kappa shape index (κ2) is 15.8. The molecule has 5 aromatic carbocycles. The van der Waals surface area contributed by atoms with E-state index in [2.05, 4.69) is 15.3 Å². The van der Waals surface area contributed by atoms with E-state index < -0.39 is 35.8 Å². The standard InChI is InChI=1S/C40H34F3N5O4/c41-40(42,43)34-13-6-4-12-32(34)26-45-38(50)39(25-31-11-5-7-14-35(31)47-48-44)36(29-17-15-28(16-18-29)27-9-2-1-3-10-27)52-37(46-39)30-19-21-33(22-20-30)51-24-8-23-49/h1-7,9-22,36,49H,8,23-26H2,(H,45,50)/t36-,39-/m1/s1. The molecule has 0 saturated heterocycles. The number of carbonyl (C=O) groups is 1. The quantitative estimate of drug-likeness (QED) is 0.0549. The molecule has 0 aromatic heterocycles. The molecule has 52 heavy (non-hydrogen) atoms. The molecule has 6 rings (SSSR count). The second-order valence-electron chi connectivity index (χ2n) is 12.1. The Labute approximate surface area is 298 Å². The molecule has 5 aromatic rings. The summed E-state index contributed by atoms with van der Waals surface area (Å²) in [5.74, 6) is 0.00179. The van der Waals surface area contributed by atoms with E-state index in [0.29, 0.717) is 35.5 Å². The lowest BCUT2D eigenvalue weighted by molar-refractivity contribution is -0.138. The summed E-state index contributed by atoms with van der Waals surface area (Å²) in [4.78, 5) is 22.6. The number of benzene rings is 5. The molecule has 1 aliphatic heterocycles. The van der Waals surface area contributed by atoms with Gasteiger partial charge in [-0.3, -0.25) is 4.79 Å². The second-order valence-corrected chi connectivity index (χ2v) is 12.1. The average molecular weight is 706 g/mol. The Kier molecular flexibility index (Phi) is 10.9. The van der Waals surface area contributed by atoms with Crippen LogP contribution in [0.2, 0.25) is 0 Å². The number of aliphatic imine (C=N–C) groups is 1. The lowest BCUT2D eigenvalue weighted by Gasteiger charge is -2.31.